The number of benzene rings is 1. The fraction of sp³-hybridized carbons (Fsp3) is 0.300. The third-order valence-electron chi connectivity index (χ3n) is 4.34. The number of esters is 1. The van der Waals surface area contributed by atoms with Crippen molar-refractivity contribution < 1.29 is 17.9 Å². The molecule has 0 amide bonds. The van der Waals surface area contributed by atoms with Gasteiger partial charge in [-0.05, 0) is 48.7 Å². The molecule has 3 rings (SSSR count). The minimum atomic E-state index is -3.87. The number of pyridine rings is 1. The number of hydrogen-bond donors (Lipinski definition) is 1. The van der Waals surface area contributed by atoms with Crippen molar-refractivity contribution in [3.8, 4) is 0 Å². The number of nitrogens with zero attached hydrogens (tertiary/aromatic N) is 2. The van der Waals surface area contributed by atoms with Crippen LogP contribution in [0.3, 0.4) is 0 Å². The Morgan fingerprint density at radius 3 is 2.52 bits per heavy atom. The first kappa shape index (κ1) is 21.5. The smallest absolute Gasteiger partial charge is 0.324 e. The lowest BCUT2D eigenvalue weighted by molar-refractivity contribution is -0.148. The van der Waals surface area contributed by atoms with Crippen molar-refractivity contribution in [2.24, 2.45) is 5.92 Å². The molecule has 29 heavy (non-hydrogen) atoms. The van der Waals surface area contributed by atoms with E-state index in [0.29, 0.717) is 5.69 Å². The van der Waals surface area contributed by atoms with Gasteiger partial charge in [0.25, 0.3) is 0 Å². The van der Waals surface area contributed by atoms with Gasteiger partial charge in [-0.15, -0.1) is 0 Å². The van der Waals surface area contributed by atoms with E-state index in [9.17, 15) is 13.2 Å². The molecule has 1 N–H and O–H groups in total. The van der Waals surface area contributed by atoms with E-state index in [1.54, 1.807) is 32.2 Å². The fourth-order valence-corrected chi connectivity index (χ4v) is 4.36. The Labute approximate surface area is 178 Å². The molecule has 2 aromatic heterocycles. The predicted molar refractivity (Wildman–Crippen MR) is 113 cm³/mol. The van der Waals surface area contributed by atoms with E-state index in [4.69, 9.17) is 4.74 Å². The summed E-state index contributed by atoms with van der Waals surface area (Å²) in [5.41, 5.74) is 2.42. The molecule has 0 unspecified atom stereocenters. The van der Waals surface area contributed by atoms with E-state index in [0.717, 1.165) is 15.7 Å². The van der Waals surface area contributed by atoms with Crippen LogP contribution in [0, 0.1) is 12.8 Å². The second kappa shape index (κ2) is 8.64. The number of halogens is 1. The summed E-state index contributed by atoms with van der Waals surface area (Å²) >= 11 is 3.27. The Morgan fingerprint density at radius 1 is 1.17 bits per heavy atom. The first-order chi connectivity index (χ1) is 13.7. The fourth-order valence-electron chi connectivity index (χ4n) is 2.77. The number of nitrogens with one attached hydrogen (secondary N) is 1. The minimum absolute atomic E-state index is 0.0389. The molecule has 1 atom stereocenters. The van der Waals surface area contributed by atoms with Crippen molar-refractivity contribution in [2.45, 2.75) is 38.3 Å². The normalized spacial score (nSPS) is 13.0. The van der Waals surface area contributed by atoms with E-state index < -0.39 is 22.0 Å². The summed E-state index contributed by atoms with van der Waals surface area (Å²) in [6.07, 6.45) is 3.71. The summed E-state index contributed by atoms with van der Waals surface area (Å²) in [6, 6.07) is 9.00. The van der Waals surface area contributed by atoms with Crippen molar-refractivity contribution >= 4 is 37.6 Å². The first-order valence-electron chi connectivity index (χ1n) is 9.04. The standard InChI is InChI=1S/C20H22BrN3O4S/c1-13(2)19(23-29(26,27)17-7-5-15(21)6-8-17)20(25)28-12-16-11-24-10-14(3)4-9-18(24)22-16/h4-11,13,19,23H,12H2,1-3H3/t19-/m1/s1. The van der Waals surface area contributed by atoms with E-state index in [2.05, 4.69) is 25.6 Å². The zero-order valence-corrected chi connectivity index (χ0v) is 18.7. The number of sulfonamides is 1. The zero-order chi connectivity index (χ0) is 21.2. The lowest BCUT2D eigenvalue weighted by atomic mass is 10.1. The van der Waals surface area contributed by atoms with Gasteiger partial charge < -0.3 is 9.14 Å². The number of rotatable bonds is 7. The van der Waals surface area contributed by atoms with Crippen LogP contribution in [0.25, 0.3) is 5.65 Å². The first-order valence-corrected chi connectivity index (χ1v) is 11.3. The molecule has 0 aliphatic rings. The number of imidazole rings is 1. The van der Waals surface area contributed by atoms with E-state index in [-0.39, 0.29) is 17.4 Å². The molecule has 0 saturated heterocycles. The van der Waals surface area contributed by atoms with Crippen LogP contribution in [-0.4, -0.2) is 29.8 Å². The number of carbonyl (C=O) groups excluding carboxylic acids is 1. The zero-order valence-electron chi connectivity index (χ0n) is 16.3. The Hall–Kier alpha value is -2.23. The van der Waals surface area contributed by atoms with Crippen molar-refractivity contribution in [3.63, 3.8) is 0 Å². The molecule has 0 spiro atoms. The van der Waals surface area contributed by atoms with Gasteiger partial charge in [0.05, 0.1) is 10.6 Å². The SMILES string of the molecule is Cc1ccc2nc(COC(=O)[C@H](NS(=O)(=O)c3ccc(Br)cc3)C(C)C)cn2c1. The van der Waals surface area contributed by atoms with Crippen LogP contribution in [0.5, 0.6) is 0 Å². The number of hydrogen-bond acceptors (Lipinski definition) is 5. The quantitative estimate of drug-likeness (QED) is 0.524. The number of fused-ring (bicyclic) bond motifs is 1. The molecule has 0 aliphatic carbocycles. The molecule has 3 aromatic rings. The maximum Gasteiger partial charge on any atom is 0.324 e. The molecule has 0 aliphatic heterocycles. The van der Waals surface area contributed by atoms with E-state index in [1.807, 2.05) is 29.7 Å². The van der Waals surface area contributed by atoms with Gasteiger partial charge in [0.15, 0.2) is 0 Å². The van der Waals surface area contributed by atoms with Crippen LogP contribution in [0.1, 0.15) is 25.1 Å². The maximum atomic E-state index is 12.6. The predicted octanol–water partition coefficient (Wildman–Crippen LogP) is 3.45. The number of aromatic nitrogens is 2. The number of aryl methyl sites for hydroxylation is 1. The van der Waals surface area contributed by atoms with Gasteiger partial charge in [-0.3, -0.25) is 4.79 Å². The van der Waals surface area contributed by atoms with Crippen LogP contribution < -0.4 is 4.72 Å². The highest BCUT2D eigenvalue weighted by Gasteiger charge is 2.29. The van der Waals surface area contributed by atoms with Crippen LogP contribution in [0.2, 0.25) is 0 Å². The monoisotopic (exact) mass is 479 g/mol. The summed E-state index contributed by atoms with van der Waals surface area (Å²) in [5, 5.41) is 0. The molecule has 7 nitrogen and oxygen atoms in total. The third-order valence-corrected chi connectivity index (χ3v) is 6.32. The molecular formula is C20H22BrN3O4S. The molecule has 2 heterocycles. The van der Waals surface area contributed by atoms with Crippen molar-refractivity contribution in [1.29, 1.82) is 0 Å². The molecule has 0 bridgehead atoms. The Bertz CT molecular complexity index is 1120. The van der Waals surface area contributed by atoms with Gasteiger partial charge in [0, 0.05) is 16.9 Å². The van der Waals surface area contributed by atoms with Gasteiger partial charge in [0.2, 0.25) is 10.0 Å². The lowest BCUT2D eigenvalue weighted by Crippen LogP contribution is -2.45. The highest BCUT2D eigenvalue weighted by Crippen LogP contribution is 2.17. The summed E-state index contributed by atoms with van der Waals surface area (Å²) < 4.78 is 35.7. The maximum absolute atomic E-state index is 12.6. The van der Waals surface area contributed by atoms with Crippen LogP contribution in [0.4, 0.5) is 0 Å². The van der Waals surface area contributed by atoms with Crippen molar-refractivity contribution in [1.82, 2.24) is 14.1 Å². The number of carbonyl (C=O) groups is 1. The molecular weight excluding hydrogens is 458 g/mol. The van der Waals surface area contributed by atoms with Crippen LogP contribution in [-0.2, 0) is 26.2 Å². The average molecular weight is 480 g/mol. The van der Waals surface area contributed by atoms with E-state index >= 15 is 0 Å². The lowest BCUT2D eigenvalue weighted by Gasteiger charge is -2.20. The minimum Gasteiger partial charge on any atom is -0.458 e. The molecule has 0 saturated carbocycles. The number of ether oxygens (including phenoxy) is 1. The van der Waals surface area contributed by atoms with Gasteiger partial charge in [-0.2, -0.15) is 4.72 Å². The highest BCUT2D eigenvalue weighted by molar-refractivity contribution is 9.10. The third kappa shape index (κ3) is 5.23. The Balaban J connectivity index is 1.71. The molecule has 9 heteroatoms. The summed E-state index contributed by atoms with van der Waals surface area (Å²) in [6.45, 7) is 5.44. The van der Waals surface area contributed by atoms with Gasteiger partial charge in [-0.1, -0.05) is 35.8 Å². The second-order valence-corrected chi connectivity index (χ2v) is 9.74. The summed E-state index contributed by atoms with van der Waals surface area (Å²) in [5.74, 6) is -0.939. The van der Waals surface area contributed by atoms with Gasteiger partial charge >= 0.3 is 5.97 Å². The topological polar surface area (TPSA) is 89.8 Å². The van der Waals surface area contributed by atoms with E-state index in [1.165, 1.54) is 12.1 Å². The van der Waals surface area contributed by atoms with Crippen molar-refractivity contribution in [3.05, 3.63) is 64.5 Å². The largest absolute Gasteiger partial charge is 0.458 e. The molecule has 0 radical (unpaired) electrons. The summed E-state index contributed by atoms with van der Waals surface area (Å²) in [7, 11) is -3.87. The Morgan fingerprint density at radius 2 is 1.86 bits per heavy atom. The summed E-state index contributed by atoms with van der Waals surface area (Å²) in [4.78, 5) is 17.1. The molecule has 154 valence electrons. The Kier molecular flexibility index (Phi) is 6.40. The highest BCUT2D eigenvalue weighted by atomic mass is 79.9. The van der Waals surface area contributed by atoms with Gasteiger partial charge in [-0.25, -0.2) is 13.4 Å². The van der Waals surface area contributed by atoms with Crippen LogP contribution in [0.15, 0.2) is 58.2 Å². The van der Waals surface area contributed by atoms with Gasteiger partial charge in [0.1, 0.15) is 18.3 Å². The molecule has 1 aromatic carbocycles. The van der Waals surface area contributed by atoms with Crippen molar-refractivity contribution in [2.75, 3.05) is 0 Å². The average Bonchev–Trinajstić information content (AvgIpc) is 3.06. The second-order valence-electron chi connectivity index (χ2n) is 7.11. The van der Waals surface area contributed by atoms with Crippen LogP contribution >= 0.6 is 15.9 Å². The molecule has 0 fully saturated rings.